The maximum Gasteiger partial charge on any atom is 0.202 e. The number of hydrogen-bond acceptors (Lipinski definition) is 5. The van der Waals surface area contributed by atoms with Crippen molar-refractivity contribution in [2.45, 2.75) is 65.0 Å². The Morgan fingerprint density at radius 3 is 2.62 bits per heavy atom. The van der Waals surface area contributed by atoms with Gasteiger partial charge in [0.2, 0.25) is 5.76 Å². The molecular weight excluding hydrogens is 302 g/mol. The van der Waals surface area contributed by atoms with Gasteiger partial charge in [0.05, 0.1) is 6.04 Å². The second-order valence-electron chi connectivity index (χ2n) is 6.83. The fourth-order valence-electron chi connectivity index (χ4n) is 3.48. The molecule has 5 nitrogen and oxygen atoms in total. The number of carbonyl (C=O) groups excluding carboxylic acids is 1. The van der Waals surface area contributed by atoms with Crippen LogP contribution in [-0.4, -0.2) is 17.0 Å². The molecule has 1 aromatic heterocycles. The minimum Gasteiger partial charge on any atom is -0.379 e. The fraction of sp³-hybridized carbons (Fsp3) is 0.579. The smallest absolute Gasteiger partial charge is 0.202 e. The number of allylic oxidation sites excluding steroid dienone is 2. The SMILES string of the molecule is CC(=O)c1cc(C2C=CC=CN2)no1.CCCC1(CC)CC(N)C1. The number of Topliss-reactive ketones (excluding diaryl/α,β-unsaturated/α-hetero) is 1. The van der Waals surface area contributed by atoms with E-state index in [0.717, 1.165) is 5.69 Å². The van der Waals surface area contributed by atoms with Crippen LogP contribution in [0.3, 0.4) is 0 Å². The number of rotatable bonds is 5. The molecule has 0 aromatic carbocycles. The molecule has 0 amide bonds. The van der Waals surface area contributed by atoms with Crippen LogP contribution in [0.15, 0.2) is 35.0 Å². The lowest BCUT2D eigenvalue weighted by Gasteiger charge is -2.46. The summed E-state index contributed by atoms with van der Waals surface area (Å²) in [5.74, 6) is 0.184. The second-order valence-corrected chi connectivity index (χ2v) is 6.83. The van der Waals surface area contributed by atoms with Crippen LogP contribution in [0, 0.1) is 5.41 Å². The summed E-state index contributed by atoms with van der Waals surface area (Å²) in [7, 11) is 0. The van der Waals surface area contributed by atoms with Gasteiger partial charge in [-0.05, 0) is 37.0 Å². The van der Waals surface area contributed by atoms with Gasteiger partial charge in [0.1, 0.15) is 5.69 Å². The van der Waals surface area contributed by atoms with E-state index in [4.69, 9.17) is 10.3 Å². The lowest BCUT2D eigenvalue weighted by atomic mass is 9.62. The molecule has 2 aliphatic rings. The van der Waals surface area contributed by atoms with Crippen molar-refractivity contribution in [3.8, 4) is 0 Å². The van der Waals surface area contributed by atoms with Gasteiger partial charge in [-0.15, -0.1) is 0 Å². The second kappa shape index (κ2) is 8.29. The van der Waals surface area contributed by atoms with Crippen LogP contribution in [0.1, 0.15) is 75.2 Å². The van der Waals surface area contributed by atoms with Gasteiger partial charge in [0, 0.05) is 19.0 Å². The minimum atomic E-state index is -0.112. The number of nitrogens with two attached hydrogens (primary N) is 1. The summed E-state index contributed by atoms with van der Waals surface area (Å²) in [6, 6.07) is 2.17. The lowest BCUT2D eigenvalue weighted by Crippen LogP contribution is -2.45. The van der Waals surface area contributed by atoms with Gasteiger partial charge < -0.3 is 15.6 Å². The van der Waals surface area contributed by atoms with Gasteiger partial charge in [-0.25, -0.2) is 0 Å². The minimum absolute atomic E-state index is 0.00292. The first-order valence-electron chi connectivity index (χ1n) is 8.82. The number of nitrogens with zero attached hydrogens (tertiary/aromatic N) is 1. The highest BCUT2D eigenvalue weighted by molar-refractivity contribution is 5.91. The van der Waals surface area contributed by atoms with Crippen LogP contribution >= 0.6 is 0 Å². The van der Waals surface area contributed by atoms with Crippen molar-refractivity contribution < 1.29 is 9.32 Å². The van der Waals surface area contributed by atoms with Crippen molar-refractivity contribution in [3.05, 3.63) is 41.9 Å². The summed E-state index contributed by atoms with van der Waals surface area (Å²) in [4.78, 5) is 11.0. The molecule has 1 aliphatic heterocycles. The van der Waals surface area contributed by atoms with E-state index in [0.29, 0.717) is 17.2 Å². The highest BCUT2D eigenvalue weighted by Crippen LogP contribution is 2.46. The molecule has 0 spiro atoms. The van der Waals surface area contributed by atoms with Gasteiger partial charge in [-0.1, -0.05) is 44.0 Å². The molecule has 1 saturated carbocycles. The molecular formula is C19H29N3O2. The van der Waals surface area contributed by atoms with Crippen LogP contribution < -0.4 is 11.1 Å². The van der Waals surface area contributed by atoms with Crippen LogP contribution in [0.25, 0.3) is 0 Å². The average Bonchev–Trinajstić information content (AvgIpc) is 3.05. The first-order chi connectivity index (χ1) is 11.5. The summed E-state index contributed by atoms with van der Waals surface area (Å²) in [6.07, 6.45) is 14.2. The summed E-state index contributed by atoms with van der Waals surface area (Å²) in [5, 5.41) is 6.90. The van der Waals surface area contributed by atoms with Crippen molar-refractivity contribution in [2.75, 3.05) is 0 Å². The standard InChI is InChI=1S/C10H10N2O2.C9H19N/c1-7(13)10-6-9(12-14-10)8-4-2-3-5-11-8;1-3-5-9(4-2)6-8(10)7-9/h2-6,8,11H,1H3;8H,3-7,10H2,1-2H3. The van der Waals surface area contributed by atoms with Gasteiger partial charge in [-0.3, -0.25) is 4.79 Å². The Morgan fingerprint density at radius 2 is 2.17 bits per heavy atom. The maximum atomic E-state index is 11.0. The molecule has 0 saturated heterocycles. The zero-order valence-corrected chi connectivity index (χ0v) is 14.9. The van der Waals surface area contributed by atoms with E-state index in [1.54, 1.807) is 6.07 Å². The number of nitrogens with one attached hydrogen (secondary N) is 1. The van der Waals surface area contributed by atoms with Gasteiger partial charge in [-0.2, -0.15) is 0 Å². The molecule has 2 heterocycles. The maximum absolute atomic E-state index is 11.0. The third kappa shape index (κ3) is 4.57. The molecule has 0 bridgehead atoms. The fourth-order valence-corrected chi connectivity index (χ4v) is 3.48. The van der Waals surface area contributed by atoms with E-state index in [1.807, 2.05) is 24.4 Å². The molecule has 24 heavy (non-hydrogen) atoms. The van der Waals surface area contributed by atoms with Crippen LogP contribution in [-0.2, 0) is 0 Å². The Balaban J connectivity index is 0.000000185. The van der Waals surface area contributed by atoms with Crippen molar-refractivity contribution in [1.29, 1.82) is 0 Å². The van der Waals surface area contributed by atoms with Crippen molar-refractivity contribution >= 4 is 5.78 Å². The van der Waals surface area contributed by atoms with E-state index in [9.17, 15) is 4.79 Å². The Kier molecular flexibility index (Phi) is 6.37. The summed E-state index contributed by atoms with van der Waals surface area (Å²) in [6.45, 7) is 6.01. The Morgan fingerprint density at radius 1 is 1.42 bits per heavy atom. The topological polar surface area (TPSA) is 81.2 Å². The molecule has 3 N–H and O–H groups in total. The van der Waals surface area contributed by atoms with Crippen LogP contribution in [0.4, 0.5) is 0 Å². The Bertz CT molecular complexity index is 592. The van der Waals surface area contributed by atoms with Gasteiger partial charge in [0.15, 0.2) is 5.78 Å². The first-order valence-corrected chi connectivity index (χ1v) is 8.82. The van der Waals surface area contributed by atoms with Crippen molar-refractivity contribution in [2.24, 2.45) is 11.1 Å². The number of dihydropyridines is 1. The molecule has 3 rings (SSSR count). The van der Waals surface area contributed by atoms with E-state index < -0.39 is 0 Å². The zero-order chi connectivity index (χ0) is 17.6. The van der Waals surface area contributed by atoms with Gasteiger partial charge >= 0.3 is 0 Å². The summed E-state index contributed by atoms with van der Waals surface area (Å²) < 4.78 is 4.88. The predicted octanol–water partition coefficient (Wildman–Crippen LogP) is 3.90. The first kappa shape index (κ1) is 18.5. The lowest BCUT2D eigenvalue weighted by molar-refractivity contribution is 0.0858. The van der Waals surface area contributed by atoms with E-state index >= 15 is 0 Å². The number of aromatic nitrogens is 1. The molecule has 1 atom stereocenters. The zero-order valence-electron chi connectivity index (χ0n) is 14.9. The molecule has 1 fully saturated rings. The summed E-state index contributed by atoms with van der Waals surface area (Å²) >= 11 is 0. The van der Waals surface area contributed by atoms with E-state index in [1.165, 1.54) is 39.0 Å². The molecule has 5 heteroatoms. The molecule has 1 aliphatic carbocycles. The van der Waals surface area contributed by atoms with E-state index in [-0.39, 0.29) is 11.8 Å². The molecule has 1 aromatic rings. The van der Waals surface area contributed by atoms with Crippen LogP contribution in [0.2, 0.25) is 0 Å². The van der Waals surface area contributed by atoms with Crippen molar-refractivity contribution in [1.82, 2.24) is 10.5 Å². The average molecular weight is 331 g/mol. The van der Waals surface area contributed by atoms with E-state index in [2.05, 4.69) is 24.3 Å². The summed E-state index contributed by atoms with van der Waals surface area (Å²) in [5.41, 5.74) is 7.14. The number of hydrogen-bond donors (Lipinski definition) is 2. The molecule has 0 radical (unpaired) electrons. The number of carbonyl (C=O) groups is 1. The molecule has 132 valence electrons. The van der Waals surface area contributed by atoms with Crippen molar-refractivity contribution in [3.63, 3.8) is 0 Å². The molecule has 1 unspecified atom stereocenters. The highest BCUT2D eigenvalue weighted by Gasteiger charge is 2.39. The van der Waals surface area contributed by atoms with Gasteiger partial charge in [0.25, 0.3) is 0 Å². The largest absolute Gasteiger partial charge is 0.379 e. The third-order valence-corrected chi connectivity index (χ3v) is 4.90. The number of ketones is 1. The monoisotopic (exact) mass is 331 g/mol. The normalized spacial score (nSPS) is 27.7. The highest BCUT2D eigenvalue weighted by atomic mass is 16.5. The Labute approximate surface area is 144 Å². The Hall–Kier alpha value is -1.88. The quantitative estimate of drug-likeness (QED) is 0.800. The predicted molar refractivity (Wildman–Crippen MR) is 95.5 cm³/mol. The van der Waals surface area contributed by atoms with Crippen LogP contribution in [0.5, 0.6) is 0 Å². The third-order valence-electron chi connectivity index (χ3n) is 4.90.